The maximum Gasteiger partial charge on any atom is 0.185 e. The van der Waals surface area contributed by atoms with Crippen LogP contribution in [0.3, 0.4) is 0 Å². The number of benzene rings is 2. The van der Waals surface area contributed by atoms with Crippen molar-refractivity contribution >= 4 is 23.1 Å². The Bertz CT molecular complexity index is 1040. The van der Waals surface area contributed by atoms with Crippen LogP contribution in [-0.2, 0) is 10.4 Å². The maximum atomic E-state index is 13.6. The number of fused-ring (bicyclic) bond motifs is 2. The van der Waals surface area contributed by atoms with Gasteiger partial charge in [-0.25, -0.2) is 9.38 Å². The Morgan fingerprint density at radius 2 is 1.93 bits per heavy atom. The third-order valence-electron chi connectivity index (χ3n) is 5.87. The van der Waals surface area contributed by atoms with Gasteiger partial charge in [-0.2, -0.15) is 0 Å². The van der Waals surface area contributed by atoms with Crippen molar-refractivity contribution in [2.24, 2.45) is 15.7 Å². The van der Waals surface area contributed by atoms with Crippen molar-refractivity contribution in [3.63, 3.8) is 0 Å². The SMILES string of the molecule is CC1=N[C@]2(CC3(CCCOC3)Oc3ccc(-c4ccc(F)c(Cl)c4)cc32)N=C1N. The first-order valence-corrected chi connectivity index (χ1v) is 10.1. The summed E-state index contributed by atoms with van der Waals surface area (Å²) in [5.41, 5.74) is 8.11. The van der Waals surface area contributed by atoms with Gasteiger partial charge < -0.3 is 15.2 Å². The summed E-state index contributed by atoms with van der Waals surface area (Å²) in [7, 11) is 0. The molecule has 1 fully saturated rings. The molecule has 1 saturated heterocycles. The lowest BCUT2D eigenvalue weighted by Crippen LogP contribution is -2.51. The molecular weight excluding hydrogens is 393 g/mol. The van der Waals surface area contributed by atoms with Gasteiger partial charge in [-0.15, -0.1) is 0 Å². The van der Waals surface area contributed by atoms with Crippen molar-refractivity contribution in [3.8, 4) is 16.9 Å². The summed E-state index contributed by atoms with van der Waals surface area (Å²) in [6.45, 7) is 3.12. The summed E-state index contributed by atoms with van der Waals surface area (Å²) in [6.07, 6.45) is 2.38. The number of rotatable bonds is 1. The highest BCUT2D eigenvalue weighted by Crippen LogP contribution is 2.51. The van der Waals surface area contributed by atoms with Crippen molar-refractivity contribution in [1.82, 2.24) is 0 Å². The van der Waals surface area contributed by atoms with Crippen LogP contribution in [0.4, 0.5) is 4.39 Å². The zero-order chi connectivity index (χ0) is 20.2. The van der Waals surface area contributed by atoms with Crippen molar-refractivity contribution in [2.75, 3.05) is 13.2 Å². The van der Waals surface area contributed by atoms with Crippen LogP contribution < -0.4 is 10.5 Å². The van der Waals surface area contributed by atoms with E-state index in [2.05, 4.69) is 0 Å². The van der Waals surface area contributed by atoms with Gasteiger partial charge in [0.15, 0.2) is 5.66 Å². The summed E-state index contributed by atoms with van der Waals surface area (Å²) < 4.78 is 25.8. The van der Waals surface area contributed by atoms with Crippen molar-refractivity contribution < 1.29 is 13.9 Å². The molecular formula is C22H21ClFN3O2. The normalized spacial score (nSPS) is 28.1. The molecule has 3 aliphatic heterocycles. The highest BCUT2D eigenvalue weighted by atomic mass is 35.5. The summed E-state index contributed by atoms with van der Waals surface area (Å²) in [4.78, 5) is 9.67. The second-order valence-corrected chi connectivity index (χ2v) is 8.38. The second-order valence-electron chi connectivity index (χ2n) is 7.97. The van der Waals surface area contributed by atoms with Crippen LogP contribution in [0, 0.1) is 5.82 Å². The number of hydrogen-bond acceptors (Lipinski definition) is 5. The Morgan fingerprint density at radius 1 is 1.14 bits per heavy atom. The first kappa shape index (κ1) is 18.6. The van der Waals surface area contributed by atoms with E-state index in [0.717, 1.165) is 47.6 Å². The molecule has 2 aromatic carbocycles. The fourth-order valence-electron chi connectivity index (χ4n) is 4.49. The van der Waals surface area contributed by atoms with E-state index >= 15 is 0 Å². The molecule has 2 N–H and O–H groups in total. The van der Waals surface area contributed by atoms with E-state index in [-0.39, 0.29) is 5.02 Å². The molecule has 0 aliphatic carbocycles. The molecule has 1 unspecified atom stereocenters. The van der Waals surface area contributed by atoms with Gasteiger partial charge in [0.25, 0.3) is 0 Å². The lowest BCUT2D eigenvalue weighted by molar-refractivity contribution is -0.0927. The minimum absolute atomic E-state index is 0.0847. The molecule has 29 heavy (non-hydrogen) atoms. The number of aliphatic imine (C=N–C) groups is 2. The number of amidine groups is 1. The van der Waals surface area contributed by atoms with Crippen molar-refractivity contribution in [2.45, 2.75) is 37.5 Å². The lowest BCUT2D eigenvalue weighted by atomic mass is 9.79. The molecule has 2 atom stereocenters. The molecule has 2 aromatic rings. The van der Waals surface area contributed by atoms with Gasteiger partial charge >= 0.3 is 0 Å². The second kappa shape index (κ2) is 6.54. The smallest absolute Gasteiger partial charge is 0.185 e. The minimum Gasteiger partial charge on any atom is -0.484 e. The monoisotopic (exact) mass is 413 g/mol. The van der Waals surface area contributed by atoms with Gasteiger partial charge in [-0.1, -0.05) is 23.7 Å². The van der Waals surface area contributed by atoms with Gasteiger partial charge in [0.05, 0.1) is 17.3 Å². The highest BCUT2D eigenvalue weighted by Gasteiger charge is 2.52. The van der Waals surface area contributed by atoms with Gasteiger partial charge in [-0.05, 0) is 55.2 Å². The molecule has 3 aliphatic rings. The Hall–Kier alpha value is -2.44. The Labute approximate surface area is 173 Å². The molecule has 0 saturated carbocycles. The first-order chi connectivity index (χ1) is 13.9. The molecule has 5 nitrogen and oxygen atoms in total. The van der Waals surface area contributed by atoms with Gasteiger partial charge in [0, 0.05) is 18.6 Å². The van der Waals surface area contributed by atoms with Gasteiger partial charge in [0.2, 0.25) is 0 Å². The first-order valence-electron chi connectivity index (χ1n) is 9.69. The van der Waals surface area contributed by atoms with E-state index in [1.165, 1.54) is 6.07 Å². The zero-order valence-electron chi connectivity index (χ0n) is 16.0. The topological polar surface area (TPSA) is 69.2 Å². The summed E-state index contributed by atoms with van der Waals surface area (Å²) in [6, 6.07) is 10.5. The Kier molecular flexibility index (Phi) is 4.19. The average Bonchev–Trinajstić information content (AvgIpc) is 2.98. The predicted octanol–water partition coefficient (Wildman–Crippen LogP) is 4.46. The minimum atomic E-state index is -0.831. The number of ether oxygens (including phenoxy) is 2. The Morgan fingerprint density at radius 3 is 2.62 bits per heavy atom. The molecule has 2 spiro atoms. The van der Waals surface area contributed by atoms with E-state index in [4.69, 9.17) is 36.8 Å². The molecule has 0 radical (unpaired) electrons. The van der Waals surface area contributed by atoms with E-state index in [0.29, 0.717) is 18.9 Å². The van der Waals surface area contributed by atoms with E-state index in [1.807, 2.05) is 25.1 Å². The van der Waals surface area contributed by atoms with E-state index in [9.17, 15) is 4.39 Å². The van der Waals surface area contributed by atoms with Crippen LogP contribution in [0.15, 0.2) is 46.4 Å². The predicted molar refractivity (Wildman–Crippen MR) is 111 cm³/mol. The van der Waals surface area contributed by atoms with Gasteiger partial charge in [-0.3, -0.25) is 4.99 Å². The van der Waals surface area contributed by atoms with Crippen LogP contribution in [0.25, 0.3) is 11.1 Å². The lowest BCUT2D eigenvalue weighted by Gasteiger charge is -2.46. The third kappa shape index (κ3) is 3.02. The van der Waals surface area contributed by atoms with Gasteiger partial charge in [0.1, 0.15) is 23.0 Å². The van der Waals surface area contributed by atoms with Crippen LogP contribution in [0.2, 0.25) is 5.02 Å². The summed E-state index contributed by atoms with van der Waals surface area (Å²) >= 11 is 5.99. The van der Waals surface area contributed by atoms with Crippen molar-refractivity contribution in [3.05, 3.63) is 52.8 Å². The number of hydrogen-bond donors (Lipinski definition) is 1. The third-order valence-corrected chi connectivity index (χ3v) is 6.16. The summed E-state index contributed by atoms with van der Waals surface area (Å²) in [5.74, 6) is 0.731. The fourth-order valence-corrected chi connectivity index (χ4v) is 4.67. The van der Waals surface area contributed by atoms with Crippen LogP contribution >= 0.6 is 11.6 Å². The van der Waals surface area contributed by atoms with Crippen LogP contribution in [0.5, 0.6) is 5.75 Å². The maximum absolute atomic E-state index is 13.6. The van der Waals surface area contributed by atoms with E-state index < -0.39 is 17.1 Å². The quantitative estimate of drug-likeness (QED) is 0.750. The van der Waals surface area contributed by atoms with E-state index in [1.54, 1.807) is 12.1 Å². The number of nitrogens with zero attached hydrogens (tertiary/aromatic N) is 2. The molecule has 5 rings (SSSR count). The highest BCUT2D eigenvalue weighted by molar-refractivity contribution is 6.41. The molecule has 0 bridgehead atoms. The largest absolute Gasteiger partial charge is 0.484 e. The van der Waals surface area contributed by atoms with Crippen LogP contribution in [0.1, 0.15) is 31.7 Å². The standard InChI is InChI=1S/C22H21ClFN3O2/c1-13-20(25)27-22(26-13)11-21(7-2-8-28-12-21)29-19-6-4-14(9-16(19)22)15-3-5-18(24)17(23)10-15/h3-6,9-10H,2,7-8,11-12H2,1H3,(H2,25,27)/t21?,22-/m1/s1. The van der Waals surface area contributed by atoms with Crippen molar-refractivity contribution in [1.29, 1.82) is 0 Å². The zero-order valence-corrected chi connectivity index (χ0v) is 16.8. The molecule has 3 heterocycles. The molecule has 150 valence electrons. The molecule has 0 aromatic heterocycles. The summed E-state index contributed by atoms with van der Waals surface area (Å²) in [5, 5.41) is 0.0847. The molecule has 0 amide bonds. The molecule has 7 heteroatoms. The number of halogens is 2. The Balaban J connectivity index is 1.66. The average molecular weight is 414 g/mol. The fraction of sp³-hybridized carbons (Fsp3) is 0.364. The van der Waals surface area contributed by atoms with Crippen LogP contribution in [-0.4, -0.2) is 30.4 Å². The number of nitrogens with two attached hydrogens (primary N) is 1.